The van der Waals surface area contributed by atoms with Gasteiger partial charge in [-0.2, -0.15) is 0 Å². The Morgan fingerprint density at radius 2 is 2.05 bits per heavy atom. The molecule has 118 valence electrons. The average molecular weight is 313 g/mol. The van der Waals surface area contributed by atoms with Gasteiger partial charge in [0.2, 0.25) is 0 Å². The predicted octanol–water partition coefficient (Wildman–Crippen LogP) is 2.34. The van der Waals surface area contributed by atoms with Crippen molar-refractivity contribution in [2.75, 3.05) is 6.54 Å². The summed E-state index contributed by atoms with van der Waals surface area (Å²) in [5, 5.41) is 16.5. The van der Waals surface area contributed by atoms with Gasteiger partial charge in [-0.25, -0.2) is 0 Å². The van der Waals surface area contributed by atoms with Gasteiger partial charge in [-0.15, -0.1) is 0 Å². The van der Waals surface area contributed by atoms with Gasteiger partial charge in [-0.1, -0.05) is 44.5 Å². The lowest BCUT2D eigenvalue weighted by Gasteiger charge is -2.25. The van der Waals surface area contributed by atoms with Gasteiger partial charge in [-0.3, -0.25) is 4.79 Å². The maximum absolute atomic E-state index is 11.9. The van der Waals surface area contributed by atoms with Crippen molar-refractivity contribution < 1.29 is 9.90 Å². The Hall–Kier alpha value is -1.10. The summed E-state index contributed by atoms with van der Waals surface area (Å²) in [6.07, 6.45) is -1.08. The molecular formula is C16H25ClN2O2. The highest BCUT2D eigenvalue weighted by atomic mass is 35.5. The average Bonchev–Trinajstić information content (AvgIpc) is 2.40. The largest absolute Gasteiger partial charge is 0.382 e. The first-order valence-electron chi connectivity index (χ1n) is 7.12. The third-order valence-corrected chi connectivity index (χ3v) is 3.29. The Bertz CT molecular complexity index is 472. The van der Waals surface area contributed by atoms with Crippen LogP contribution in [0, 0.1) is 5.41 Å². The van der Waals surface area contributed by atoms with Crippen LogP contribution in [0.1, 0.15) is 33.3 Å². The lowest BCUT2D eigenvalue weighted by Crippen LogP contribution is -2.48. The maximum Gasteiger partial charge on any atom is 0.250 e. The van der Waals surface area contributed by atoms with E-state index in [-0.39, 0.29) is 17.4 Å². The second kappa shape index (κ2) is 7.78. The third-order valence-electron chi connectivity index (χ3n) is 3.05. The fourth-order valence-electron chi connectivity index (χ4n) is 1.75. The molecular weight excluding hydrogens is 288 g/mol. The molecule has 1 amide bonds. The molecule has 1 aromatic rings. The number of hydrogen-bond acceptors (Lipinski definition) is 3. The van der Waals surface area contributed by atoms with E-state index in [1.54, 1.807) is 19.1 Å². The molecule has 3 N–H and O–H groups in total. The van der Waals surface area contributed by atoms with E-state index in [2.05, 4.69) is 31.4 Å². The molecule has 0 aromatic heterocycles. The van der Waals surface area contributed by atoms with Crippen LogP contribution in [-0.2, 0) is 11.3 Å². The summed E-state index contributed by atoms with van der Waals surface area (Å²) < 4.78 is 0. The molecule has 0 spiro atoms. The first kappa shape index (κ1) is 18.0. The Labute approximate surface area is 131 Å². The first-order valence-corrected chi connectivity index (χ1v) is 7.50. The standard InChI is InChI=1S/C16H25ClN2O2/c1-11(19-10-16(2,3)4)14(20)15(21)18-9-12-6-5-7-13(17)8-12/h5-8,11,14,19-20H,9-10H2,1-4H3,(H,18,21). The van der Waals surface area contributed by atoms with Crippen LogP contribution in [0.5, 0.6) is 0 Å². The summed E-state index contributed by atoms with van der Waals surface area (Å²) in [6.45, 7) is 9.17. The van der Waals surface area contributed by atoms with E-state index >= 15 is 0 Å². The Morgan fingerprint density at radius 1 is 1.38 bits per heavy atom. The minimum Gasteiger partial charge on any atom is -0.382 e. The molecule has 0 aliphatic carbocycles. The van der Waals surface area contributed by atoms with Crippen LogP contribution in [-0.4, -0.2) is 29.7 Å². The first-order chi connectivity index (χ1) is 9.69. The number of amides is 1. The zero-order chi connectivity index (χ0) is 16.0. The molecule has 0 bridgehead atoms. The minimum atomic E-state index is -1.08. The molecule has 1 rings (SSSR count). The molecule has 2 atom stereocenters. The van der Waals surface area contributed by atoms with Crippen LogP contribution >= 0.6 is 11.6 Å². The summed E-state index contributed by atoms with van der Waals surface area (Å²) in [6, 6.07) is 6.96. The fourth-order valence-corrected chi connectivity index (χ4v) is 1.96. The van der Waals surface area contributed by atoms with Gasteiger partial charge in [0.15, 0.2) is 0 Å². The summed E-state index contributed by atoms with van der Waals surface area (Å²) in [7, 11) is 0. The van der Waals surface area contributed by atoms with E-state index in [0.717, 1.165) is 12.1 Å². The zero-order valence-corrected chi connectivity index (χ0v) is 13.9. The molecule has 0 aliphatic rings. The third kappa shape index (κ3) is 6.93. The van der Waals surface area contributed by atoms with Crippen LogP contribution in [0.25, 0.3) is 0 Å². The van der Waals surface area contributed by atoms with E-state index < -0.39 is 6.10 Å². The van der Waals surface area contributed by atoms with Crippen LogP contribution in [0.3, 0.4) is 0 Å². The summed E-state index contributed by atoms with van der Waals surface area (Å²) in [5.41, 5.74) is 1.00. The van der Waals surface area contributed by atoms with E-state index in [9.17, 15) is 9.90 Å². The number of nitrogens with one attached hydrogen (secondary N) is 2. The highest BCUT2D eigenvalue weighted by molar-refractivity contribution is 6.30. The van der Waals surface area contributed by atoms with Crippen molar-refractivity contribution in [3.8, 4) is 0 Å². The number of carbonyl (C=O) groups excluding carboxylic acids is 1. The second-order valence-corrected chi connectivity index (χ2v) is 6.96. The molecule has 21 heavy (non-hydrogen) atoms. The van der Waals surface area contributed by atoms with Crippen molar-refractivity contribution >= 4 is 17.5 Å². The van der Waals surface area contributed by atoms with Crippen LogP contribution in [0.4, 0.5) is 0 Å². The predicted molar refractivity (Wildman–Crippen MR) is 86.2 cm³/mol. The van der Waals surface area contributed by atoms with E-state index in [1.807, 2.05) is 12.1 Å². The van der Waals surface area contributed by atoms with Crippen molar-refractivity contribution in [1.29, 1.82) is 0 Å². The maximum atomic E-state index is 11.9. The molecule has 1 aromatic carbocycles. The van der Waals surface area contributed by atoms with Crippen molar-refractivity contribution in [2.24, 2.45) is 5.41 Å². The molecule has 0 heterocycles. The van der Waals surface area contributed by atoms with E-state index in [4.69, 9.17) is 11.6 Å². The van der Waals surface area contributed by atoms with Crippen molar-refractivity contribution in [2.45, 2.75) is 46.4 Å². The topological polar surface area (TPSA) is 61.4 Å². The normalized spacial score (nSPS) is 14.6. The van der Waals surface area contributed by atoms with Gasteiger partial charge in [0.25, 0.3) is 5.91 Å². The number of aliphatic hydroxyl groups excluding tert-OH is 1. The summed E-state index contributed by atoms with van der Waals surface area (Å²) in [4.78, 5) is 11.9. The fraction of sp³-hybridized carbons (Fsp3) is 0.562. The highest BCUT2D eigenvalue weighted by Gasteiger charge is 2.23. The van der Waals surface area contributed by atoms with Gasteiger partial charge >= 0.3 is 0 Å². The molecule has 2 unspecified atom stereocenters. The number of hydrogen-bond donors (Lipinski definition) is 3. The van der Waals surface area contributed by atoms with E-state index in [1.165, 1.54) is 0 Å². The molecule has 4 nitrogen and oxygen atoms in total. The van der Waals surface area contributed by atoms with Crippen molar-refractivity contribution in [3.63, 3.8) is 0 Å². The number of halogens is 1. The molecule has 0 radical (unpaired) electrons. The second-order valence-electron chi connectivity index (χ2n) is 6.52. The number of rotatable bonds is 6. The smallest absolute Gasteiger partial charge is 0.250 e. The summed E-state index contributed by atoms with van der Waals surface area (Å²) >= 11 is 5.88. The van der Waals surface area contributed by atoms with E-state index in [0.29, 0.717) is 11.6 Å². The molecule has 0 aliphatic heterocycles. The quantitative estimate of drug-likeness (QED) is 0.755. The van der Waals surface area contributed by atoms with Gasteiger partial charge in [0.05, 0.1) is 0 Å². The minimum absolute atomic E-state index is 0.102. The van der Waals surface area contributed by atoms with Crippen molar-refractivity contribution in [3.05, 3.63) is 34.9 Å². The highest BCUT2D eigenvalue weighted by Crippen LogP contribution is 2.12. The Morgan fingerprint density at radius 3 is 2.62 bits per heavy atom. The number of carbonyl (C=O) groups is 1. The van der Waals surface area contributed by atoms with Crippen LogP contribution in [0.2, 0.25) is 5.02 Å². The Balaban J connectivity index is 2.43. The van der Waals surface area contributed by atoms with Crippen LogP contribution in [0.15, 0.2) is 24.3 Å². The van der Waals surface area contributed by atoms with Gasteiger partial charge in [0.1, 0.15) is 6.10 Å². The zero-order valence-electron chi connectivity index (χ0n) is 13.1. The van der Waals surface area contributed by atoms with Gasteiger partial charge in [-0.05, 0) is 30.0 Å². The summed E-state index contributed by atoms with van der Waals surface area (Å²) in [5.74, 6) is -0.385. The molecule has 0 saturated carbocycles. The SMILES string of the molecule is CC(NCC(C)(C)C)C(O)C(=O)NCc1cccc(Cl)c1. The molecule has 0 fully saturated rings. The molecule has 0 saturated heterocycles. The lowest BCUT2D eigenvalue weighted by atomic mass is 9.96. The van der Waals surface area contributed by atoms with Crippen molar-refractivity contribution in [1.82, 2.24) is 10.6 Å². The Kier molecular flexibility index (Phi) is 6.65. The number of benzene rings is 1. The van der Waals surface area contributed by atoms with Crippen LogP contribution < -0.4 is 10.6 Å². The molecule has 5 heteroatoms. The van der Waals surface area contributed by atoms with Gasteiger partial charge in [0, 0.05) is 24.2 Å². The monoisotopic (exact) mass is 312 g/mol. The lowest BCUT2D eigenvalue weighted by molar-refractivity contribution is -0.130. The van der Waals surface area contributed by atoms with Gasteiger partial charge < -0.3 is 15.7 Å². The number of aliphatic hydroxyl groups is 1.